The summed E-state index contributed by atoms with van der Waals surface area (Å²) in [6.45, 7) is 6.53. The van der Waals surface area contributed by atoms with Crippen LogP contribution in [0.4, 0.5) is 0 Å². The highest BCUT2D eigenvalue weighted by Crippen LogP contribution is 2.13. The van der Waals surface area contributed by atoms with E-state index in [2.05, 4.69) is 106 Å². The van der Waals surface area contributed by atoms with E-state index in [0.717, 1.165) is 109 Å². The molecular weight excluding hydrogens is 805 g/mol. The molecule has 1 unspecified atom stereocenters. The average molecular weight is 905 g/mol. The van der Waals surface area contributed by atoms with E-state index >= 15 is 0 Å². The van der Waals surface area contributed by atoms with Crippen LogP contribution in [0.5, 0.6) is 0 Å². The molecule has 0 aromatic rings. The van der Waals surface area contributed by atoms with Gasteiger partial charge in [-0.1, -0.05) is 221 Å². The van der Waals surface area contributed by atoms with Crippen molar-refractivity contribution in [2.75, 3.05) is 13.2 Å². The van der Waals surface area contributed by atoms with Gasteiger partial charge in [-0.3, -0.25) is 14.4 Å². The Bertz CT molecular complexity index is 1270. The Morgan fingerprint density at radius 2 is 0.569 bits per heavy atom. The molecule has 0 fully saturated rings. The molecule has 0 saturated heterocycles. The molecule has 0 aliphatic heterocycles. The molecular formula is C59H100O6. The monoisotopic (exact) mass is 905 g/mol. The lowest BCUT2D eigenvalue weighted by Gasteiger charge is -2.18. The van der Waals surface area contributed by atoms with Gasteiger partial charge in [0.15, 0.2) is 6.10 Å². The van der Waals surface area contributed by atoms with Crippen molar-refractivity contribution in [3.8, 4) is 0 Å². The highest BCUT2D eigenvalue weighted by molar-refractivity contribution is 5.71. The zero-order valence-corrected chi connectivity index (χ0v) is 42.5. The number of carbonyl (C=O) groups excluding carboxylic acids is 3. The van der Waals surface area contributed by atoms with Gasteiger partial charge < -0.3 is 14.2 Å². The number of allylic oxidation sites excluding steroid dienone is 14. The minimum Gasteiger partial charge on any atom is -0.462 e. The third-order valence-corrected chi connectivity index (χ3v) is 11.5. The molecule has 0 amide bonds. The van der Waals surface area contributed by atoms with Gasteiger partial charge in [-0.15, -0.1) is 0 Å². The van der Waals surface area contributed by atoms with Crippen LogP contribution in [0.25, 0.3) is 0 Å². The number of carbonyl (C=O) groups is 3. The first-order valence-corrected chi connectivity index (χ1v) is 27.2. The molecule has 65 heavy (non-hydrogen) atoms. The first-order chi connectivity index (χ1) is 32.0. The van der Waals surface area contributed by atoms with E-state index in [0.29, 0.717) is 12.8 Å². The van der Waals surface area contributed by atoms with Gasteiger partial charge in [0, 0.05) is 19.3 Å². The van der Waals surface area contributed by atoms with Crippen LogP contribution in [0.1, 0.15) is 252 Å². The van der Waals surface area contributed by atoms with Crippen molar-refractivity contribution in [3.63, 3.8) is 0 Å². The van der Waals surface area contributed by atoms with E-state index < -0.39 is 6.10 Å². The quantitative estimate of drug-likeness (QED) is 0.0199. The van der Waals surface area contributed by atoms with Crippen molar-refractivity contribution >= 4 is 17.9 Å². The smallest absolute Gasteiger partial charge is 0.306 e. The Balaban J connectivity index is 4.50. The Labute approximate surface area is 401 Å². The number of ether oxygens (including phenoxy) is 3. The Hall–Kier alpha value is -3.41. The predicted molar refractivity (Wildman–Crippen MR) is 279 cm³/mol. The summed E-state index contributed by atoms with van der Waals surface area (Å²) in [6, 6.07) is 0. The normalized spacial score (nSPS) is 12.7. The lowest BCUT2D eigenvalue weighted by molar-refractivity contribution is -0.167. The summed E-state index contributed by atoms with van der Waals surface area (Å²) in [4.78, 5) is 38.0. The SMILES string of the molecule is CCCCC\C=C/C=C\C=C/C=C\CCCCCCCC(=O)OCC(COC(=O)CCCCC/C=C\CCCCCCCC)OC(=O)CCCCC/C=C\C=C/CCCCCCCCC. The third kappa shape index (κ3) is 51.4. The summed E-state index contributed by atoms with van der Waals surface area (Å²) in [5, 5.41) is 0. The molecule has 1 atom stereocenters. The molecule has 0 spiro atoms. The van der Waals surface area contributed by atoms with Gasteiger partial charge >= 0.3 is 17.9 Å². The molecule has 0 N–H and O–H groups in total. The number of esters is 3. The van der Waals surface area contributed by atoms with Crippen molar-refractivity contribution in [2.24, 2.45) is 0 Å². The second-order valence-electron chi connectivity index (χ2n) is 17.9. The topological polar surface area (TPSA) is 78.9 Å². The maximum Gasteiger partial charge on any atom is 0.306 e. The molecule has 0 bridgehead atoms. The largest absolute Gasteiger partial charge is 0.462 e. The van der Waals surface area contributed by atoms with Crippen molar-refractivity contribution < 1.29 is 28.6 Å². The molecule has 0 aliphatic rings. The molecule has 0 radical (unpaired) electrons. The van der Waals surface area contributed by atoms with Gasteiger partial charge in [0.2, 0.25) is 0 Å². The second-order valence-corrected chi connectivity index (χ2v) is 17.9. The van der Waals surface area contributed by atoms with Crippen LogP contribution in [0, 0.1) is 0 Å². The van der Waals surface area contributed by atoms with Crippen LogP contribution < -0.4 is 0 Å². The lowest BCUT2D eigenvalue weighted by atomic mass is 10.1. The first-order valence-electron chi connectivity index (χ1n) is 27.2. The molecule has 0 aromatic carbocycles. The van der Waals surface area contributed by atoms with Crippen LogP contribution in [0.3, 0.4) is 0 Å². The second kappa shape index (κ2) is 53.2. The van der Waals surface area contributed by atoms with Crippen LogP contribution >= 0.6 is 0 Å². The molecule has 0 aliphatic carbocycles. The lowest BCUT2D eigenvalue weighted by Crippen LogP contribution is -2.30. The predicted octanol–water partition coefficient (Wildman–Crippen LogP) is 18.0. The summed E-state index contributed by atoms with van der Waals surface area (Å²) in [6.07, 6.45) is 68.5. The number of hydrogen-bond acceptors (Lipinski definition) is 6. The fourth-order valence-corrected chi connectivity index (χ4v) is 7.32. The molecule has 0 aromatic heterocycles. The highest BCUT2D eigenvalue weighted by Gasteiger charge is 2.19. The maximum absolute atomic E-state index is 12.8. The zero-order chi connectivity index (χ0) is 47.2. The summed E-state index contributed by atoms with van der Waals surface area (Å²) in [5.41, 5.74) is 0. The molecule has 6 heteroatoms. The minimum absolute atomic E-state index is 0.103. The van der Waals surface area contributed by atoms with Crippen molar-refractivity contribution in [1.29, 1.82) is 0 Å². The number of rotatable bonds is 48. The number of hydrogen-bond donors (Lipinski definition) is 0. The summed E-state index contributed by atoms with van der Waals surface area (Å²) in [5.74, 6) is -0.966. The molecule has 0 saturated carbocycles. The van der Waals surface area contributed by atoms with E-state index in [1.54, 1.807) is 0 Å². The van der Waals surface area contributed by atoms with Gasteiger partial charge in [0.1, 0.15) is 13.2 Å². The van der Waals surface area contributed by atoms with Crippen LogP contribution in [0.2, 0.25) is 0 Å². The van der Waals surface area contributed by atoms with E-state index in [4.69, 9.17) is 14.2 Å². The van der Waals surface area contributed by atoms with Gasteiger partial charge in [0.05, 0.1) is 0 Å². The maximum atomic E-state index is 12.8. The Morgan fingerprint density at radius 1 is 0.308 bits per heavy atom. The van der Waals surface area contributed by atoms with Crippen LogP contribution in [-0.4, -0.2) is 37.2 Å². The zero-order valence-electron chi connectivity index (χ0n) is 42.5. The van der Waals surface area contributed by atoms with E-state index in [9.17, 15) is 14.4 Å². The third-order valence-electron chi connectivity index (χ3n) is 11.5. The fraction of sp³-hybridized carbons (Fsp3) is 0.712. The van der Waals surface area contributed by atoms with Crippen molar-refractivity contribution in [1.82, 2.24) is 0 Å². The Kier molecular flexibility index (Phi) is 50.4. The van der Waals surface area contributed by atoms with Gasteiger partial charge in [-0.25, -0.2) is 0 Å². The summed E-state index contributed by atoms with van der Waals surface area (Å²) in [7, 11) is 0. The van der Waals surface area contributed by atoms with E-state index in [1.807, 2.05) is 0 Å². The molecule has 372 valence electrons. The van der Waals surface area contributed by atoms with E-state index in [1.165, 1.54) is 103 Å². The van der Waals surface area contributed by atoms with Crippen molar-refractivity contribution in [2.45, 2.75) is 258 Å². The standard InChI is InChI=1S/C59H100O6/c1-4-7-10-13-16-19-22-25-27-29-30-32-34-37-40-43-46-49-52-58(61)64-55-56(54-63-57(60)51-48-45-42-39-36-33-24-21-18-15-12-9-6-3)65-59(62)53-50-47-44-41-38-35-31-28-26-23-20-17-14-11-8-5-2/h16,19,22,25,27-33,35-36,38,56H,4-15,17-18,20-21,23-24,26,34,37,39-55H2,1-3H3/b19-16-,25-22-,29-27-,31-28-,32-30-,36-33-,38-35-. The average Bonchev–Trinajstić information content (AvgIpc) is 3.30. The molecule has 0 heterocycles. The summed E-state index contributed by atoms with van der Waals surface area (Å²) < 4.78 is 16.8. The fourth-order valence-electron chi connectivity index (χ4n) is 7.32. The minimum atomic E-state index is -0.806. The van der Waals surface area contributed by atoms with Crippen LogP contribution in [0.15, 0.2) is 85.1 Å². The van der Waals surface area contributed by atoms with Crippen molar-refractivity contribution in [3.05, 3.63) is 85.1 Å². The number of unbranched alkanes of at least 4 members (excludes halogenated alkanes) is 27. The van der Waals surface area contributed by atoms with Gasteiger partial charge in [-0.05, 0) is 96.3 Å². The van der Waals surface area contributed by atoms with Crippen LogP contribution in [-0.2, 0) is 28.6 Å². The molecule has 6 nitrogen and oxygen atoms in total. The highest BCUT2D eigenvalue weighted by atomic mass is 16.6. The first kappa shape index (κ1) is 61.6. The molecule has 0 rings (SSSR count). The van der Waals surface area contributed by atoms with E-state index in [-0.39, 0.29) is 37.5 Å². The Morgan fingerprint density at radius 3 is 0.969 bits per heavy atom. The van der Waals surface area contributed by atoms with Gasteiger partial charge in [-0.2, -0.15) is 0 Å². The van der Waals surface area contributed by atoms with Gasteiger partial charge in [0.25, 0.3) is 0 Å². The summed E-state index contributed by atoms with van der Waals surface area (Å²) >= 11 is 0.